The number of carbonyl (C=O) groups is 1. The zero-order valence-electron chi connectivity index (χ0n) is 11.3. The first-order chi connectivity index (χ1) is 8.50. The minimum atomic E-state index is -0.428. The summed E-state index contributed by atoms with van der Waals surface area (Å²) in [6, 6.07) is 4.85. The van der Waals surface area contributed by atoms with Gasteiger partial charge in [-0.25, -0.2) is 0 Å². The molecule has 3 nitrogen and oxygen atoms in total. The third-order valence-electron chi connectivity index (χ3n) is 3.66. The van der Waals surface area contributed by atoms with Crippen molar-refractivity contribution in [2.75, 3.05) is 6.54 Å². The first-order valence-corrected chi connectivity index (χ1v) is 7.46. The lowest BCUT2D eigenvalue weighted by Gasteiger charge is -2.31. The molecule has 100 valence electrons. The van der Waals surface area contributed by atoms with E-state index in [9.17, 15) is 4.79 Å². The molecule has 0 aliphatic carbocycles. The van der Waals surface area contributed by atoms with Crippen molar-refractivity contribution in [2.45, 2.75) is 51.1 Å². The average Bonchev–Trinajstić information content (AvgIpc) is 2.82. The molecule has 1 saturated heterocycles. The molecule has 4 heteroatoms. The molecule has 1 aliphatic rings. The number of nitrogens with one attached hydrogen (secondary N) is 2. The fourth-order valence-corrected chi connectivity index (χ4v) is 3.22. The van der Waals surface area contributed by atoms with Gasteiger partial charge in [-0.3, -0.25) is 4.79 Å². The summed E-state index contributed by atoms with van der Waals surface area (Å²) in [5, 5.41) is 8.63. The van der Waals surface area contributed by atoms with E-state index in [0.717, 1.165) is 24.3 Å². The van der Waals surface area contributed by atoms with E-state index in [-0.39, 0.29) is 5.91 Å². The molecule has 1 aliphatic heterocycles. The fraction of sp³-hybridized carbons (Fsp3) is 0.643. The van der Waals surface area contributed by atoms with E-state index in [1.54, 1.807) is 11.3 Å². The maximum atomic E-state index is 12.4. The molecule has 2 atom stereocenters. The van der Waals surface area contributed by atoms with Gasteiger partial charge in [0, 0.05) is 17.0 Å². The third kappa shape index (κ3) is 2.93. The molecule has 2 rings (SSSR count). The maximum Gasteiger partial charge on any atom is 0.231 e. The van der Waals surface area contributed by atoms with Gasteiger partial charge in [0.25, 0.3) is 0 Å². The molecule has 0 radical (unpaired) electrons. The predicted molar refractivity (Wildman–Crippen MR) is 76.0 cm³/mol. The van der Waals surface area contributed by atoms with Crippen LogP contribution >= 0.6 is 11.3 Å². The predicted octanol–water partition coefficient (Wildman–Crippen LogP) is 2.28. The van der Waals surface area contributed by atoms with Gasteiger partial charge in [0.1, 0.15) is 0 Å². The highest BCUT2D eigenvalue weighted by Gasteiger charge is 2.32. The lowest BCUT2D eigenvalue weighted by atomic mass is 9.89. The Balaban J connectivity index is 1.99. The molecule has 2 heterocycles. The van der Waals surface area contributed by atoms with Crippen LogP contribution < -0.4 is 10.6 Å². The highest BCUT2D eigenvalue weighted by atomic mass is 32.1. The second kappa shape index (κ2) is 5.41. The Morgan fingerprint density at radius 1 is 1.56 bits per heavy atom. The van der Waals surface area contributed by atoms with E-state index in [0.29, 0.717) is 12.1 Å². The van der Waals surface area contributed by atoms with Crippen molar-refractivity contribution in [2.24, 2.45) is 0 Å². The van der Waals surface area contributed by atoms with Crippen molar-refractivity contribution < 1.29 is 4.79 Å². The van der Waals surface area contributed by atoms with Gasteiger partial charge in [0.15, 0.2) is 0 Å². The summed E-state index contributed by atoms with van der Waals surface area (Å²) < 4.78 is 0. The Kier molecular flexibility index (Phi) is 4.07. The summed E-state index contributed by atoms with van der Waals surface area (Å²) in [6.45, 7) is 7.16. The van der Waals surface area contributed by atoms with E-state index in [4.69, 9.17) is 0 Å². The molecule has 2 unspecified atom stereocenters. The topological polar surface area (TPSA) is 41.1 Å². The molecular weight excluding hydrogens is 244 g/mol. The smallest absolute Gasteiger partial charge is 0.231 e. The lowest BCUT2D eigenvalue weighted by Crippen LogP contribution is -2.50. The van der Waals surface area contributed by atoms with Crippen molar-refractivity contribution >= 4 is 17.2 Å². The minimum Gasteiger partial charge on any atom is -0.352 e. The van der Waals surface area contributed by atoms with Crippen LogP contribution in [0.4, 0.5) is 0 Å². The Morgan fingerprint density at radius 3 is 2.94 bits per heavy atom. The number of hydrogen-bond acceptors (Lipinski definition) is 3. The highest BCUT2D eigenvalue weighted by molar-refractivity contribution is 7.10. The summed E-state index contributed by atoms with van der Waals surface area (Å²) in [5.74, 6) is 0.143. The number of thiophene rings is 1. The van der Waals surface area contributed by atoms with Crippen molar-refractivity contribution in [1.82, 2.24) is 10.6 Å². The molecule has 1 fully saturated rings. The first-order valence-electron chi connectivity index (χ1n) is 6.58. The van der Waals surface area contributed by atoms with Crippen LogP contribution in [0.15, 0.2) is 17.5 Å². The Bertz CT molecular complexity index is 400. The monoisotopic (exact) mass is 266 g/mol. The van der Waals surface area contributed by atoms with Crippen molar-refractivity contribution in [3.8, 4) is 0 Å². The van der Waals surface area contributed by atoms with Crippen LogP contribution in [0.1, 0.15) is 38.5 Å². The first kappa shape index (κ1) is 13.6. The summed E-state index contributed by atoms with van der Waals surface area (Å²) >= 11 is 1.65. The van der Waals surface area contributed by atoms with Gasteiger partial charge in [-0.15, -0.1) is 11.3 Å². The van der Waals surface area contributed by atoms with Crippen LogP contribution in [0.5, 0.6) is 0 Å². The molecule has 1 amide bonds. The fourth-order valence-electron chi connectivity index (χ4n) is 2.37. The van der Waals surface area contributed by atoms with Crippen LogP contribution in [-0.4, -0.2) is 24.5 Å². The largest absolute Gasteiger partial charge is 0.352 e. The summed E-state index contributed by atoms with van der Waals surface area (Å²) in [6.07, 6.45) is 2.04. The van der Waals surface area contributed by atoms with Crippen molar-refractivity contribution in [3.05, 3.63) is 22.4 Å². The van der Waals surface area contributed by atoms with Crippen LogP contribution in [0.25, 0.3) is 0 Å². The van der Waals surface area contributed by atoms with Crippen LogP contribution in [0.2, 0.25) is 0 Å². The quantitative estimate of drug-likeness (QED) is 0.881. The minimum absolute atomic E-state index is 0.143. The van der Waals surface area contributed by atoms with Gasteiger partial charge in [-0.2, -0.15) is 0 Å². The Hall–Kier alpha value is -0.870. The maximum absolute atomic E-state index is 12.4. The van der Waals surface area contributed by atoms with Gasteiger partial charge in [0.2, 0.25) is 5.91 Å². The standard InChI is InChI=1S/C14H22N2OS/c1-10-9-11(6-7-15-10)16-13(17)14(2,3)12-5-4-8-18-12/h4-5,8,10-11,15H,6-7,9H2,1-3H3,(H,16,17). The number of carbonyl (C=O) groups excluding carboxylic acids is 1. The van der Waals surface area contributed by atoms with Crippen LogP contribution in [0.3, 0.4) is 0 Å². The van der Waals surface area contributed by atoms with Crippen LogP contribution in [-0.2, 0) is 10.2 Å². The SMILES string of the molecule is CC1CC(NC(=O)C(C)(C)c2cccs2)CCN1. The second-order valence-corrected chi connectivity index (χ2v) is 6.60. The van der Waals surface area contributed by atoms with E-state index in [1.165, 1.54) is 0 Å². The summed E-state index contributed by atoms with van der Waals surface area (Å²) in [4.78, 5) is 13.5. The molecule has 1 aromatic heterocycles. The van der Waals surface area contributed by atoms with Gasteiger partial charge >= 0.3 is 0 Å². The molecule has 0 bridgehead atoms. The molecule has 0 saturated carbocycles. The molecule has 0 aromatic carbocycles. The number of piperidine rings is 1. The molecule has 18 heavy (non-hydrogen) atoms. The molecular formula is C14H22N2OS. The number of rotatable bonds is 3. The van der Waals surface area contributed by atoms with Gasteiger partial charge in [-0.05, 0) is 51.6 Å². The Morgan fingerprint density at radius 2 is 2.33 bits per heavy atom. The summed E-state index contributed by atoms with van der Waals surface area (Å²) in [7, 11) is 0. The van der Waals surface area contributed by atoms with Crippen molar-refractivity contribution in [3.63, 3.8) is 0 Å². The summed E-state index contributed by atoms with van der Waals surface area (Å²) in [5.41, 5.74) is -0.428. The zero-order chi connectivity index (χ0) is 13.2. The lowest BCUT2D eigenvalue weighted by molar-refractivity contribution is -0.126. The van der Waals surface area contributed by atoms with E-state index in [1.807, 2.05) is 31.4 Å². The third-order valence-corrected chi connectivity index (χ3v) is 4.86. The number of hydrogen-bond donors (Lipinski definition) is 2. The zero-order valence-corrected chi connectivity index (χ0v) is 12.1. The molecule has 1 aromatic rings. The van der Waals surface area contributed by atoms with Gasteiger partial charge in [0.05, 0.1) is 5.41 Å². The Labute approximate surface area is 113 Å². The molecule has 2 N–H and O–H groups in total. The highest BCUT2D eigenvalue weighted by Crippen LogP contribution is 2.28. The van der Waals surface area contributed by atoms with Crippen molar-refractivity contribution in [1.29, 1.82) is 0 Å². The van der Waals surface area contributed by atoms with E-state index in [2.05, 4.69) is 17.6 Å². The number of amides is 1. The van der Waals surface area contributed by atoms with Crippen LogP contribution in [0, 0.1) is 0 Å². The molecule has 0 spiro atoms. The average molecular weight is 266 g/mol. The second-order valence-electron chi connectivity index (χ2n) is 5.65. The van der Waals surface area contributed by atoms with E-state index < -0.39 is 5.41 Å². The van der Waals surface area contributed by atoms with Gasteiger partial charge in [-0.1, -0.05) is 6.07 Å². The van der Waals surface area contributed by atoms with Gasteiger partial charge < -0.3 is 10.6 Å². The normalized spacial score (nSPS) is 24.8. The van der Waals surface area contributed by atoms with E-state index >= 15 is 0 Å².